The molecule has 0 radical (unpaired) electrons. The van der Waals surface area contributed by atoms with Gasteiger partial charge in [0.2, 0.25) is 5.91 Å². The summed E-state index contributed by atoms with van der Waals surface area (Å²) in [6, 6.07) is -0.696. The number of amides is 1. The molecule has 57 heavy (non-hydrogen) atoms. The summed E-state index contributed by atoms with van der Waals surface area (Å²) < 4.78 is 5.93. The number of carbonyl (C=O) groups excluding carboxylic acids is 2. The molecule has 0 rings (SSSR count). The average Bonchev–Trinajstić information content (AvgIpc) is 3.20. The van der Waals surface area contributed by atoms with E-state index in [1.54, 1.807) is 0 Å². The zero-order chi connectivity index (χ0) is 41.7. The Hall–Kier alpha value is -1.40. The maximum absolute atomic E-state index is 13.2. The number of aliphatic hydroxyl groups is 2. The molecule has 3 atom stereocenters. The van der Waals surface area contributed by atoms with Crippen LogP contribution < -0.4 is 5.32 Å². The van der Waals surface area contributed by atoms with Crippen LogP contribution in [0.25, 0.3) is 0 Å². The van der Waals surface area contributed by atoms with Gasteiger partial charge in [-0.25, -0.2) is 0 Å². The van der Waals surface area contributed by atoms with Gasteiger partial charge >= 0.3 is 5.97 Å². The highest BCUT2D eigenvalue weighted by Crippen LogP contribution is 2.18. The highest BCUT2D eigenvalue weighted by atomic mass is 16.5. The zero-order valence-electron chi connectivity index (χ0n) is 38.5. The van der Waals surface area contributed by atoms with Gasteiger partial charge in [0.15, 0.2) is 0 Å². The van der Waals surface area contributed by atoms with Crippen molar-refractivity contribution >= 4 is 11.9 Å². The summed E-state index contributed by atoms with van der Waals surface area (Å²) in [4.78, 5) is 26.1. The van der Waals surface area contributed by atoms with E-state index in [4.69, 9.17) is 4.74 Å². The first-order valence-electron chi connectivity index (χ1n) is 25.4. The molecule has 0 aromatic rings. The Morgan fingerprint density at radius 3 is 1.25 bits per heavy atom. The minimum atomic E-state index is -0.782. The van der Waals surface area contributed by atoms with Crippen LogP contribution in [0.5, 0.6) is 0 Å². The fourth-order valence-electron chi connectivity index (χ4n) is 7.96. The first-order valence-corrected chi connectivity index (χ1v) is 25.4. The largest absolute Gasteiger partial charge is 0.462 e. The van der Waals surface area contributed by atoms with E-state index in [-0.39, 0.29) is 24.9 Å². The van der Waals surface area contributed by atoms with Gasteiger partial charge < -0.3 is 20.3 Å². The molecule has 3 N–H and O–H groups in total. The van der Waals surface area contributed by atoms with Crippen LogP contribution in [0.2, 0.25) is 0 Å². The topological polar surface area (TPSA) is 95.9 Å². The van der Waals surface area contributed by atoms with Crippen molar-refractivity contribution in [3.63, 3.8) is 0 Å². The van der Waals surface area contributed by atoms with Gasteiger partial charge in [-0.3, -0.25) is 9.59 Å². The molecule has 0 spiro atoms. The lowest BCUT2D eigenvalue weighted by molar-refractivity contribution is -0.151. The molecule has 1 amide bonds. The van der Waals surface area contributed by atoms with E-state index in [2.05, 4.69) is 38.2 Å². The van der Waals surface area contributed by atoms with Crippen LogP contribution in [0.1, 0.15) is 278 Å². The van der Waals surface area contributed by atoms with Crippen molar-refractivity contribution in [1.29, 1.82) is 0 Å². The highest BCUT2D eigenvalue weighted by molar-refractivity contribution is 5.77. The van der Waals surface area contributed by atoms with E-state index in [1.807, 2.05) is 0 Å². The van der Waals surface area contributed by atoms with Crippen molar-refractivity contribution in [2.75, 3.05) is 6.61 Å². The third kappa shape index (κ3) is 41.1. The second kappa shape index (κ2) is 45.7. The average molecular weight is 806 g/mol. The van der Waals surface area contributed by atoms with E-state index in [0.717, 1.165) is 64.2 Å². The summed E-state index contributed by atoms with van der Waals surface area (Å²) in [5.41, 5.74) is 0. The molecule has 0 aromatic carbocycles. The smallest absolute Gasteiger partial charge is 0.306 e. The normalized spacial score (nSPS) is 13.3. The quantitative estimate of drug-likeness (QED) is 0.0323. The summed E-state index contributed by atoms with van der Waals surface area (Å²) in [5.74, 6) is -0.467. The number of esters is 1. The monoisotopic (exact) mass is 806 g/mol. The predicted molar refractivity (Wildman–Crippen MR) is 246 cm³/mol. The lowest BCUT2D eigenvalue weighted by Crippen LogP contribution is -2.46. The Kier molecular flexibility index (Phi) is 44.6. The van der Waals surface area contributed by atoms with Crippen molar-refractivity contribution < 1.29 is 24.5 Å². The molecule has 0 aromatic heterocycles. The molecule has 0 fully saturated rings. The summed E-state index contributed by atoms with van der Waals surface area (Å²) in [7, 11) is 0. The van der Waals surface area contributed by atoms with E-state index in [9.17, 15) is 19.8 Å². The van der Waals surface area contributed by atoms with Gasteiger partial charge in [0.1, 0.15) is 6.10 Å². The van der Waals surface area contributed by atoms with Crippen LogP contribution in [-0.2, 0) is 14.3 Å². The maximum atomic E-state index is 13.2. The summed E-state index contributed by atoms with van der Waals surface area (Å²) in [6.07, 6.45) is 49.9. The second-order valence-corrected chi connectivity index (χ2v) is 17.6. The van der Waals surface area contributed by atoms with Gasteiger partial charge in [-0.1, -0.05) is 226 Å². The minimum absolute atomic E-state index is 0.0785. The number of hydrogen-bond donors (Lipinski definition) is 3. The molecular weight excluding hydrogens is 707 g/mol. The van der Waals surface area contributed by atoms with Gasteiger partial charge in [0, 0.05) is 6.42 Å². The first kappa shape index (κ1) is 55.6. The Labute approximate surface area is 355 Å². The van der Waals surface area contributed by atoms with Crippen molar-refractivity contribution in [2.24, 2.45) is 0 Å². The maximum Gasteiger partial charge on any atom is 0.306 e. The van der Waals surface area contributed by atoms with Gasteiger partial charge in [-0.15, -0.1) is 0 Å². The number of rotatable bonds is 46. The Bertz CT molecular complexity index is 863. The number of nitrogens with one attached hydrogen (secondary N) is 1. The van der Waals surface area contributed by atoms with Crippen LogP contribution in [-0.4, -0.2) is 46.9 Å². The van der Waals surface area contributed by atoms with Gasteiger partial charge in [-0.05, 0) is 51.4 Å². The van der Waals surface area contributed by atoms with E-state index >= 15 is 0 Å². The summed E-state index contributed by atoms with van der Waals surface area (Å²) in [6.45, 7) is 6.47. The van der Waals surface area contributed by atoms with Crippen LogP contribution in [0.3, 0.4) is 0 Å². The molecule has 0 aliphatic carbocycles. The second-order valence-electron chi connectivity index (χ2n) is 17.6. The Morgan fingerprint density at radius 1 is 0.491 bits per heavy atom. The van der Waals surface area contributed by atoms with Crippen LogP contribution >= 0.6 is 0 Å². The molecular formula is C51H99NO5. The lowest BCUT2D eigenvalue weighted by atomic mass is 10.0. The predicted octanol–water partition coefficient (Wildman–Crippen LogP) is 15.0. The Balaban J connectivity index is 4.55. The van der Waals surface area contributed by atoms with Gasteiger partial charge in [0.25, 0.3) is 0 Å². The SMILES string of the molecule is CCCCCCCC/C=C/CCCCCCCC(CC(=O)NC(CO)C(O)CCCCCCCCCCC)OC(=O)CCCCCCCCCCCCCCCC. The summed E-state index contributed by atoms with van der Waals surface area (Å²) in [5, 5.41) is 23.7. The molecule has 6 heteroatoms. The molecule has 0 heterocycles. The molecule has 0 aliphatic heterocycles. The number of allylic oxidation sites excluding steroid dienone is 2. The Morgan fingerprint density at radius 2 is 0.842 bits per heavy atom. The standard InChI is InChI=1S/C51H99NO5/c1-4-7-10-13-16-19-21-23-25-26-28-31-33-36-39-42-47(57-51(56)44-41-38-35-32-29-27-24-22-20-17-14-11-8-5-2)45-50(55)52-48(46-53)49(54)43-40-37-34-30-18-15-12-9-6-3/h23,25,47-49,53-54H,4-22,24,26-46H2,1-3H3,(H,52,55)/b25-23+. The van der Waals surface area contributed by atoms with Crippen molar-refractivity contribution in [2.45, 2.75) is 296 Å². The molecule has 0 saturated carbocycles. The lowest BCUT2D eigenvalue weighted by Gasteiger charge is -2.24. The van der Waals surface area contributed by atoms with E-state index in [1.165, 1.54) is 167 Å². The van der Waals surface area contributed by atoms with Crippen LogP contribution in [0, 0.1) is 0 Å². The third-order valence-electron chi connectivity index (χ3n) is 11.8. The fourth-order valence-corrected chi connectivity index (χ4v) is 7.96. The number of aliphatic hydroxyl groups excluding tert-OH is 2. The molecule has 3 unspecified atom stereocenters. The van der Waals surface area contributed by atoms with Crippen LogP contribution in [0.4, 0.5) is 0 Å². The zero-order valence-corrected chi connectivity index (χ0v) is 38.5. The first-order chi connectivity index (χ1) is 28.0. The summed E-state index contributed by atoms with van der Waals surface area (Å²) >= 11 is 0. The van der Waals surface area contributed by atoms with E-state index < -0.39 is 18.2 Å². The minimum Gasteiger partial charge on any atom is -0.462 e. The van der Waals surface area contributed by atoms with Gasteiger partial charge in [0.05, 0.1) is 25.2 Å². The molecule has 0 aliphatic rings. The fraction of sp³-hybridized carbons (Fsp3) is 0.922. The van der Waals surface area contributed by atoms with Crippen molar-refractivity contribution in [1.82, 2.24) is 5.32 Å². The van der Waals surface area contributed by atoms with Gasteiger partial charge in [-0.2, -0.15) is 0 Å². The number of carbonyl (C=O) groups is 2. The van der Waals surface area contributed by atoms with E-state index in [0.29, 0.717) is 19.3 Å². The number of unbranched alkanes of at least 4 members (excludes halogenated alkanes) is 32. The molecule has 0 saturated heterocycles. The number of ether oxygens (including phenoxy) is 1. The molecule has 0 bridgehead atoms. The molecule has 6 nitrogen and oxygen atoms in total. The van der Waals surface area contributed by atoms with Crippen molar-refractivity contribution in [3.05, 3.63) is 12.2 Å². The van der Waals surface area contributed by atoms with Crippen molar-refractivity contribution in [3.8, 4) is 0 Å². The highest BCUT2D eigenvalue weighted by Gasteiger charge is 2.24. The van der Waals surface area contributed by atoms with Crippen LogP contribution in [0.15, 0.2) is 12.2 Å². The third-order valence-corrected chi connectivity index (χ3v) is 11.8. The number of hydrogen-bond acceptors (Lipinski definition) is 5. The molecule has 338 valence electrons.